The van der Waals surface area contributed by atoms with Gasteiger partial charge in [0.2, 0.25) is 0 Å². The number of fused-ring (bicyclic) bond motifs is 1. The fourth-order valence-electron chi connectivity index (χ4n) is 2.82. The zero-order valence-corrected chi connectivity index (χ0v) is 16.1. The van der Waals surface area contributed by atoms with Crippen molar-refractivity contribution in [3.63, 3.8) is 0 Å². The van der Waals surface area contributed by atoms with Crippen LogP contribution in [0, 0.1) is 5.92 Å². The third-order valence-electron chi connectivity index (χ3n) is 4.29. The molecule has 0 aliphatic carbocycles. The largest absolute Gasteiger partial charge is 0.507 e. The summed E-state index contributed by atoms with van der Waals surface area (Å²) in [4.78, 5) is 4.66. The number of phenolic OH excluding ortho intramolecular Hbond substituents is 1. The van der Waals surface area contributed by atoms with E-state index in [0.29, 0.717) is 11.5 Å². The molecule has 6 heteroatoms. The lowest BCUT2D eigenvalue weighted by atomic mass is 10.0. The fourth-order valence-corrected chi connectivity index (χ4v) is 3.17. The van der Waals surface area contributed by atoms with Crippen LogP contribution >= 0.6 is 15.9 Å². The monoisotopic (exact) mass is 402 g/mol. The third-order valence-corrected chi connectivity index (χ3v) is 4.85. The van der Waals surface area contributed by atoms with Crippen molar-refractivity contribution < 1.29 is 5.11 Å². The Kier molecular flexibility index (Phi) is 5.58. The van der Waals surface area contributed by atoms with E-state index >= 15 is 0 Å². The molecule has 5 nitrogen and oxygen atoms in total. The number of anilines is 1. The first-order chi connectivity index (χ1) is 12.1. The highest BCUT2D eigenvalue weighted by Crippen LogP contribution is 2.31. The number of aromatic nitrogens is 3. The fraction of sp³-hybridized carbons (Fsp3) is 0.368. The summed E-state index contributed by atoms with van der Waals surface area (Å²) < 4.78 is 2.62. The van der Waals surface area contributed by atoms with Crippen molar-refractivity contribution >= 4 is 27.4 Å². The van der Waals surface area contributed by atoms with Gasteiger partial charge in [0.25, 0.3) is 0 Å². The number of halogens is 1. The van der Waals surface area contributed by atoms with Crippen LogP contribution in [0.15, 0.2) is 41.0 Å². The van der Waals surface area contributed by atoms with E-state index in [1.807, 2.05) is 18.2 Å². The van der Waals surface area contributed by atoms with Gasteiger partial charge in [-0.05, 0) is 40.4 Å². The van der Waals surface area contributed by atoms with Crippen molar-refractivity contribution in [3.05, 3.63) is 41.0 Å². The number of unbranched alkanes of at least 4 members (excludes halogenated alkanes) is 1. The molecule has 0 saturated carbocycles. The SMILES string of the molecule is CCCCC(C)CNc1cc(-c2ccccc2O)nc2c(Br)cnn12. The molecule has 0 amide bonds. The molecule has 1 atom stereocenters. The second kappa shape index (κ2) is 7.87. The van der Waals surface area contributed by atoms with Crippen molar-refractivity contribution in [1.29, 1.82) is 0 Å². The molecule has 0 aliphatic heterocycles. The molecule has 3 aromatic rings. The van der Waals surface area contributed by atoms with Gasteiger partial charge in [0.05, 0.1) is 16.4 Å². The van der Waals surface area contributed by atoms with Crippen LogP contribution in [0.2, 0.25) is 0 Å². The lowest BCUT2D eigenvalue weighted by Gasteiger charge is -2.15. The van der Waals surface area contributed by atoms with E-state index in [0.717, 1.165) is 28.2 Å². The Hall–Kier alpha value is -2.08. The van der Waals surface area contributed by atoms with Crippen molar-refractivity contribution in [2.24, 2.45) is 5.92 Å². The van der Waals surface area contributed by atoms with E-state index in [4.69, 9.17) is 0 Å². The van der Waals surface area contributed by atoms with Crippen molar-refractivity contribution in [2.45, 2.75) is 33.1 Å². The van der Waals surface area contributed by atoms with Gasteiger partial charge in [-0.15, -0.1) is 0 Å². The second-order valence-corrected chi connectivity index (χ2v) is 7.25. The molecule has 0 bridgehead atoms. The van der Waals surface area contributed by atoms with E-state index in [9.17, 15) is 5.11 Å². The lowest BCUT2D eigenvalue weighted by Crippen LogP contribution is -2.14. The van der Waals surface area contributed by atoms with Crippen molar-refractivity contribution in [1.82, 2.24) is 14.6 Å². The molecule has 2 N–H and O–H groups in total. The minimum Gasteiger partial charge on any atom is -0.507 e. The number of para-hydroxylation sites is 1. The van der Waals surface area contributed by atoms with E-state index < -0.39 is 0 Å². The first-order valence-electron chi connectivity index (χ1n) is 8.66. The standard InChI is InChI=1S/C19H23BrN4O/c1-3-4-7-13(2)11-21-18-10-16(14-8-5-6-9-17(14)25)23-19-15(20)12-22-24(18)19/h5-6,8-10,12-13,21,25H,3-4,7,11H2,1-2H3. The van der Waals surface area contributed by atoms with Crippen LogP contribution in [0.4, 0.5) is 5.82 Å². The molecular formula is C19H23BrN4O. The molecule has 2 heterocycles. The summed E-state index contributed by atoms with van der Waals surface area (Å²) in [5.41, 5.74) is 2.15. The molecular weight excluding hydrogens is 380 g/mol. The van der Waals surface area contributed by atoms with Crippen LogP contribution < -0.4 is 5.32 Å². The molecule has 0 radical (unpaired) electrons. The van der Waals surface area contributed by atoms with E-state index in [-0.39, 0.29) is 5.75 Å². The molecule has 1 aromatic carbocycles. The number of aromatic hydroxyl groups is 1. The number of nitrogens with zero attached hydrogens (tertiary/aromatic N) is 3. The van der Waals surface area contributed by atoms with E-state index in [1.165, 1.54) is 19.3 Å². The van der Waals surface area contributed by atoms with Gasteiger partial charge in [0.1, 0.15) is 11.6 Å². The average Bonchev–Trinajstić information content (AvgIpc) is 2.99. The summed E-state index contributed by atoms with van der Waals surface area (Å²) in [5.74, 6) is 1.67. The van der Waals surface area contributed by atoms with Gasteiger partial charge in [0, 0.05) is 18.2 Å². The Balaban J connectivity index is 1.95. The number of benzene rings is 1. The summed E-state index contributed by atoms with van der Waals surface area (Å²) in [6.07, 6.45) is 5.40. The Morgan fingerprint density at radius 3 is 2.88 bits per heavy atom. The predicted molar refractivity (Wildman–Crippen MR) is 105 cm³/mol. The molecule has 3 rings (SSSR count). The van der Waals surface area contributed by atoms with Gasteiger partial charge < -0.3 is 10.4 Å². The molecule has 2 aromatic heterocycles. The highest BCUT2D eigenvalue weighted by atomic mass is 79.9. The van der Waals surface area contributed by atoms with E-state index in [2.05, 4.69) is 45.2 Å². The Labute approximate surface area is 156 Å². The minimum atomic E-state index is 0.220. The number of hydrogen-bond acceptors (Lipinski definition) is 4. The summed E-state index contributed by atoms with van der Waals surface area (Å²) >= 11 is 3.50. The molecule has 132 valence electrons. The molecule has 1 unspecified atom stereocenters. The van der Waals surface area contributed by atoms with Crippen molar-refractivity contribution in [2.75, 3.05) is 11.9 Å². The van der Waals surface area contributed by atoms with Crippen LogP contribution in [-0.4, -0.2) is 26.2 Å². The van der Waals surface area contributed by atoms with Crippen LogP contribution in [0.3, 0.4) is 0 Å². The average molecular weight is 403 g/mol. The minimum absolute atomic E-state index is 0.220. The maximum Gasteiger partial charge on any atom is 0.172 e. The maximum atomic E-state index is 10.2. The van der Waals surface area contributed by atoms with Crippen LogP contribution in [-0.2, 0) is 0 Å². The summed E-state index contributed by atoms with van der Waals surface area (Å²) in [6, 6.07) is 9.18. The number of rotatable bonds is 7. The van der Waals surface area contributed by atoms with Gasteiger partial charge in [-0.25, -0.2) is 4.98 Å². The Morgan fingerprint density at radius 2 is 2.12 bits per heavy atom. The van der Waals surface area contributed by atoms with Gasteiger partial charge in [-0.2, -0.15) is 9.61 Å². The smallest absolute Gasteiger partial charge is 0.172 e. The predicted octanol–water partition coefficient (Wildman–Crippen LogP) is 5.10. The highest BCUT2D eigenvalue weighted by molar-refractivity contribution is 9.10. The van der Waals surface area contributed by atoms with Gasteiger partial charge >= 0.3 is 0 Å². The Bertz CT molecular complexity index is 862. The summed E-state index contributed by atoms with van der Waals surface area (Å²) in [5, 5.41) is 18.1. The van der Waals surface area contributed by atoms with E-state index in [1.54, 1.807) is 22.8 Å². The second-order valence-electron chi connectivity index (χ2n) is 6.40. The molecule has 0 saturated heterocycles. The van der Waals surface area contributed by atoms with Gasteiger partial charge in [0.15, 0.2) is 5.65 Å². The molecule has 0 fully saturated rings. The number of hydrogen-bond donors (Lipinski definition) is 2. The first kappa shape index (κ1) is 17.7. The van der Waals surface area contributed by atoms with Gasteiger partial charge in [-0.3, -0.25) is 0 Å². The number of phenols is 1. The summed E-state index contributed by atoms with van der Waals surface area (Å²) in [6.45, 7) is 5.34. The van der Waals surface area contributed by atoms with Crippen LogP contribution in [0.25, 0.3) is 16.9 Å². The normalized spacial score (nSPS) is 12.4. The third kappa shape index (κ3) is 3.95. The lowest BCUT2D eigenvalue weighted by molar-refractivity contribution is 0.477. The molecule has 0 spiro atoms. The van der Waals surface area contributed by atoms with Gasteiger partial charge in [-0.1, -0.05) is 38.8 Å². The molecule has 0 aliphatic rings. The maximum absolute atomic E-state index is 10.2. The quantitative estimate of drug-likeness (QED) is 0.576. The molecule has 25 heavy (non-hydrogen) atoms. The topological polar surface area (TPSA) is 62.5 Å². The number of nitrogens with one attached hydrogen (secondary N) is 1. The van der Waals surface area contributed by atoms with Crippen molar-refractivity contribution in [3.8, 4) is 17.0 Å². The van der Waals surface area contributed by atoms with Crippen LogP contribution in [0.1, 0.15) is 33.1 Å². The highest BCUT2D eigenvalue weighted by Gasteiger charge is 2.14. The zero-order chi connectivity index (χ0) is 17.8. The summed E-state index contributed by atoms with van der Waals surface area (Å²) in [7, 11) is 0. The van der Waals surface area contributed by atoms with Crippen LogP contribution in [0.5, 0.6) is 5.75 Å². The Morgan fingerprint density at radius 1 is 1.32 bits per heavy atom. The first-order valence-corrected chi connectivity index (χ1v) is 9.46. The zero-order valence-electron chi connectivity index (χ0n) is 14.5.